The van der Waals surface area contributed by atoms with E-state index < -0.39 is 6.72 Å². The molecule has 5 nitrogen and oxygen atoms in total. The largest absolute Gasteiger partial charge is 0.494 e. The zero-order valence-electron chi connectivity index (χ0n) is 10.9. The number of para-hydroxylation sites is 1. The van der Waals surface area contributed by atoms with Gasteiger partial charge in [0, 0.05) is 6.42 Å². The van der Waals surface area contributed by atoms with Crippen LogP contribution in [0.1, 0.15) is 19.8 Å². The molecule has 0 saturated carbocycles. The van der Waals surface area contributed by atoms with Gasteiger partial charge in [-0.15, -0.1) is 4.67 Å². The van der Waals surface area contributed by atoms with Crippen molar-refractivity contribution in [1.29, 1.82) is 0 Å². The predicted molar refractivity (Wildman–Crippen MR) is 76.3 cm³/mol. The third-order valence-electron chi connectivity index (χ3n) is 1.99. The summed E-state index contributed by atoms with van der Waals surface area (Å²) in [7, 11) is 0. The highest BCUT2D eigenvalue weighted by Gasteiger charge is 2.15. The van der Waals surface area contributed by atoms with Crippen LogP contribution in [0.2, 0.25) is 0 Å². The zero-order valence-corrected chi connectivity index (χ0v) is 12.6. The summed E-state index contributed by atoms with van der Waals surface area (Å²) >= 11 is 4.73. The average molecular weight is 306 g/mol. The molecule has 1 aromatic rings. The first-order valence-electron chi connectivity index (χ1n) is 6.10. The van der Waals surface area contributed by atoms with Gasteiger partial charge in [0.15, 0.2) is 0 Å². The van der Waals surface area contributed by atoms with Crippen molar-refractivity contribution in [3.8, 4) is 5.75 Å². The van der Waals surface area contributed by atoms with Gasteiger partial charge in [0.2, 0.25) is 0 Å². The number of benzene rings is 1. The van der Waals surface area contributed by atoms with Crippen molar-refractivity contribution in [2.75, 3.05) is 19.8 Å². The highest BCUT2D eigenvalue weighted by atomic mass is 32.5. The van der Waals surface area contributed by atoms with Crippen LogP contribution in [0.3, 0.4) is 0 Å². The van der Waals surface area contributed by atoms with Crippen LogP contribution in [0.4, 0.5) is 0 Å². The number of rotatable bonds is 10. The fourth-order valence-electron chi connectivity index (χ4n) is 1.16. The summed E-state index contributed by atoms with van der Waals surface area (Å²) in [6.45, 7) is -0.200. The van der Waals surface area contributed by atoms with Crippen molar-refractivity contribution in [1.82, 2.24) is 0 Å². The van der Waals surface area contributed by atoms with Crippen molar-refractivity contribution >= 4 is 18.5 Å². The van der Waals surface area contributed by atoms with E-state index in [1.165, 1.54) is 0 Å². The Kier molecular flexibility index (Phi) is 8.21. The van der Waals surface area contributed by atoms with Gasteiger partial charge in [-0.1, -0.05) is 25.1 Å². The molecular weight excluding hydrogens is 287 g/mol. The molecule has 1 rings (SSSR count). The molecule has 0 heterocycles. The van der Waals surface area contributed by atoms with Crippen LogP contribution < -0.4 is 4.74 Å². The lowest BCUT2D eigenvalue weighted by molar-refractivity contribution is -0.217. The first-order chi connectivity index (χ1) is 9.14. The fraction of sp³-hybridized carbons (Fsp3) is 0.500. The molecule has 0 saturated heterocycles. The molecular formula is C12H19O5PS. The summed E-state index contributed by atoms with van der Waals surface area (Å²) < 4.78 is 15.1. The highest BCUT2D eigenvalue weighted by molar-refractivity contribution is 8.07. The number of hydrogen-bond acceptors (Lipinski definition) is 5. The lowest BCUT2D eigenvalue weighted by Crippen LogP contribution is -2.04. The van der Waals surface area contributed by atoms with Crippen LogP contribution in [-0.2, 0) is 25.9 Å². The number of ether oxygens (including phenoxy) is 1. The summed E-state index contributed by atoms with van der Waals surface area (Å²) in [5.74, 6) is 0.807. The minimum Gasteiger partial charge on any atom is -0.494 e. The molecule has 1 atom stereocenters. The Bertz CT molecular complexity index is 387. The molecule has 1 aromatic carbocycles. The van der Waals surface area contributed by atoms with E-state index >= 15 is 0 Å². The maximum Gasteiger partial charge on any atom is 0.353 e. The second kappa shape index (κ2) is 9.42. The first kappa shape index (κ1) is 16.6. The third-order valence-corrected chi connectivity index (χ3v) is 3.29. The van der Waals surface area contributed by atoms with E-state index in [4.69, 9.17) is 26.0 Å². The van der Waals surface area contributed by atoms with Gasteiger partial charge >= 0.3 is 6.72 Å². The van der Waals surface area contributed by atoms with Gasteiger partial charge in [0.05, 0.1) is 19.8 Å². The summed E-state index contributed by atoms with van der Waals surface area (Å²) in [5.41, 5.74) is 0. The smallest absolute Gasteiger partial charge is 0.353 e. The molecule has 0 aromatic heterocycles. The molecule has 0 fully saturated rings. The molecule has 0 spiro atoms. The van der Waals surface area contributed by atoms with Gasteiger partial charge in [0.1, 0.15) is 5.75 Å². The van der Waals surface area contributed by atoms with E-state index in [2.05, 4.69) is 4.67 Å². The normalized spacial score (nSPS) is 14.0. The monoisotopic (exact) mass is 306 g/mol. The Labute approximate surface area is 118 Å². The molecule has 108 valence electrons. The second-order valence-corrected chi connectivity index (χ2v) is 6.44. The van der Waals surface area contributed by atoms with Crippen LogP contribution in [0.15, 0.2) is 30.3 Å². The fourth-order valence-corrected chi connectivity index (χ4v) is 2.17. The summed E-state index contributed by atoms with van der Waals surface area (Å²) in [6.07, 6.45) is 1.38. The third kappa shape index (κ3) is 8.31. The highest BCUT2D eigenvalue weighted by Crippen LogP contribution is 2.43. The zero-order chi connectivity index (χ0) is 14.0. The SMILES string of the molecule is CCCOP(O)(=S)OOCCCOc1ccccc1. The maximum atomic E-state index is 9.51. The Hall–Kier alpha value is -0.490. The van der Waals surface area contributed by atoms with Crippen molar-refractivity contribution in [3.05, 3.63) is 30.3 Å². The number of hydrogen-bond donors (Lipinski definition) is 1. The molecule has 0 aliphatic heterocycles. The summed E-state index contributed by atoms with van der Waals surface area (Å²) in [4.78, 5) is 14.3. The van der Waals surface area contributed by atoms with Crippen molar-refractivity contribution in [3.63, 3.8) is 0 Å². The van der Waals surface area contributed by atoms with E-state index in [1.54, 1.807) is 0 Å². The van der Waals surface area contributed by atoms with Gasteiger partial charge < -0.3 is 14.2 Å². The molecule has 0 bridgehead atoms. The maximum absolute atomic E-state index is 9.51. The van der Waals surface area contributed by atoms with Gasteiger partial charge in [-0.05, 0) is 30.4 Å². The van der Waals surface area contributed by atoms with Crippen LogP contribution in [-0.4, -0.2) is 24.7 Å². The summed E-state index contributed by atoms with van der Waals surface area (Å²) in [5, 5.41) is 0. The second-order valence-electron chi connectivity index (χ2n) is 3.71. The Balaban J connectivity index is 2.03. The van der Waals surface area contributed by atoms with Crippen molar-refractivity contribution in [2.45, 2.75) is 19.8 Å². The lowest BCUT2D eigenvalue weighted by atomic mass is 10.3. The molecule has 1 N–H and O–H groups in total. The van der Waals surface area contributed by atoms with Crippen LogP contribution in [0.25, 0.3) is 0 Å². The van der Waals surface area contributed by atoms with E-state index in [0.29, 0.717) is 19.6 Å². The van der Waals surface area contributed by atoms with Gasteiger partial charge in [-0.3, -0.25) is 0 Å². The van der Waals surface area contributed by atoms with E-state index in [1.807, 2.05) is 37.3 Å². The first-order valence-corrected chi connectivity index (χ1v) is 8.69. The molecule has 7 heteroatoms. The van der Waals surface area contributed by atoms with Crippen molar-refractivity contribution < 1.29 is 23.7 Å². The van der Waals surface area contributed by atoms with E-state index in [-0.39, 0.29) is 6.61 Å². The van der Waals surface area contributed by atoms with E-state index in [9.17, 15) is 4.89 Å². The molecule has 0 aliphatic carbocycles. The van der Waals surface area contributed by atoms with E-state index in [0.717, 1.165) is 12.2 Å². The average Bonchev–Trinajstić information content (AvgIpc) is 2.42. The Morgan fingerprint density at radius 3 is 2.58 bits per heavy atom. The molecule has 1 unspecified atom stereocenters. The minimum absolute atomic E-state index is 0.279. The summed E-state index contributed by atoms with van der Waals surface area (Å²) in [6, 6.07) is 9.49. The van der Waals surface area contributed by atoms with Crippen LogP contribution in [0, 0.1) is 0 Å². The molecule has 0 radical (unpaired) electrons. The minimum atomic E-state index is -3.25. The Morgan fingerprint density at radius 2 is 1.89 bits per heavy atom. The standard InChI is InChI=1S/C12H19O5PS/c1-2-9-16-18(13,19)17-15-11-6-10-14-12-7-4-3-5-8-12/h3-5,7-8H,2,6,9-11H2,1H3,(H,13,19). The van der Waals surface area contributed by atoms with Gasteiger partial charge in [-0.25, -0.2) is 4.89 Å². The quantitative estimate of drug-likeness (QED) is 0.310. The Morgan fingerprint density at radius 1 is 1.16 bits per heavy atom. The topological polar surface area (TPSA) is 57.2 Å². The molecule has 19 heavy (non-hydrogen) atoms. The van der Waals surface area contributed by atoms with Gasteiger partial charge in [0.25, 0.3) is 0 Å². The lowest BCUT2D eigenvalue weighted by Gasteiger charge is -2.13. The van der Waals surface area contributed by atoms with Crippen LogP contribution in [0.5, 0.6) is 5.75 Å². The predicted octanol–water partition coefficient (Wildman–Crippen LogP) is 3.05. The van der Waals surface area contributed by atoms with Crippen LogP contribution >= 0.6 is 6.72 Å². The molecule has 0 amide bonds. The molecule has 0 aliphatic rings. The van der Waals surface area contributed by atoms with Gasteiger partial charge in [-0.2, -0.15) is 0 Å². The van der Waals surface area contributed by atoms with Crippen molar-refractivity contribution in [2.24, 2.45) is 0 Å².